The van der Waals surface area contributed by atoms with Crippen molar-refractivity contribution in [3.05, 3.63) is 46.8 Å². The highest BCUT2D eigenvalue weighted by molar-refractivity contribution is 6.30. The van der Waals surface area contributed by atoms with Crippen molar-refractivity contribution < 1.29 is 4.39 Å². The van der Waals surface area contributed by atoms with E-state index in [-0.39, 0.29) is 5.82 Å². The van der Waals surface area contributed by atoms with Crippen molar-refractivity contribution in [3.63, 3.8) is 0 Å². The monoisotopic (exact) mass is 269 g/mol. The first-order valence-corrected chi connectivity index (χ1v) is 5.73. The molecule has 0 saturated heterocycles. The number of nitrogens with two attached hydrogens (primary N) is 1. The van der Waals surface area contributed by atoms with Gasteiger partial charge in [0.15, 0.2) is 0 Å². The molecule has 3 N–H and O–H groups in total. The number of aromatic nitrogens is 3. The molecule has 0 amide bonds. The molecular formula is C11H13ClFN5. The van der Waals surface area contributed by atoms with Crippen LogP contribution in [0.3, 0.4) is 0 Å². The number of benzene rings is 1. The molecule has 1 aromatic heterocycles. The van der Waals surface area contributed by atoms with E-state index in [9.17, 15) is 4.39 Å². The summed E-state index contributed by atoms with van der Waals surface area (Å²) >= 11 is 5.86. The molecular weight excluding hydrogens is 257 g/mol. The van der Waals surface area contributed by atoms with E-state index in [1.807, 2.05) is 0 Å². The Labute approximate surface area is 109 Å². The molecule has 2 aromatic rings. The summed E-state index contributed by atoms with van der Waals surface area (Å²) in [6.45, 7) is 0. The van der Waals surface area contributed by atoms with Crippen LogP contribution in [0.25, 0.3) is 0 Å². The minimum Gasteiger partial charge on any atom is -0.271 e. The number of halogens is 2. The fourth-order valence-corrected chi connectivity index (χ4v) is 1.91. The Balaban J connectivity index is 2.28. The van der Waals surface area contributed by atoms with Gasteiger partial charge in [-0.1, -0.05) is 11.6 Å². The van der Waals surface area contributed by atoms with E-state index in [2.05, 4.69) is 15.5 Å². The molecule has 18 heavy (non-hydrogen) atoms. The van der Waals surface area contributed by atoms with E-state index in [0.717, 1.165) is 0 Å². The first-order valence-electron chi connectivity index (χ1n) is 5.35. The number of hydrogen-bond acceptors (Lipinski definition) is 4. The molecule has 0 radical (unpaired) electrons. The Morgan fingerprint density at radius 3 is 2.94 bits per heavy atom. The summed E-state index contributed by atoms with van der Waals surface area (Å²) < 4.78 is 15.4. The van der Waals surface area contributed by atoms with Gasteiger partial charge in [0.05, 0.1) is 6.04 Å². The fourth-order valence-electron chi connectivity index (χ4n) is 1.73. The van der Waals surface area contributed by atoms with Crippen LogP contribution in [0.2, 0.25) is 5.02 Å². The fraction of sp³-hybridized carbons (Fsp3) is 0.273. The van der Waals surface area contributed by atoms with Gasteiger partial charge in [0, 0.05) is 24.1 Å². The van der Waals surface area contributed by atoms with Crippen LogP contribution in [0.4, 0.5) is 4.39 Å². The summed E-state index contributed by atoms with van der Waals surface area (Å²) in [4.78, 5) is 4.08. The quantitative estimate of drug-likeness (QED) is 0.649. The standard InChI is InChI=1S/C11H13ClFN5/c1-18-11(15-6-16-18)5-10(17-14)8-4-7(12)2-3-9(8)13/h2-4,6,10,17H,5,14H2,1H3. The number of nitrogens with one attached hydrogen (secondary N) is 1. The summed E-state index contributed by atoms with van der Waals surface area (Å²) in [7, 11) is 1.77. The predicted octanol–water partition coefficient (Wildman–Crippen LogP) is 1.35. The molecule has 1 heterocycles. The lowest BCUT2D eigenvalue weighted by Crippen LogP contribution is -2.31. The van der Waals surface area contributed by atoms with Crippen molar-refractivity contribution in [1.29, 1.82) is 0 Å². The van der Waals surface area contributed by atoms with E-state index in [4.69, 9.17) is 17.4 Å². The van der Waals surface area contributed by atoms with Crippen LogP contribution >= 0.6 is 11.6 Å². The highest BCUT2D eigenvalue weighted by Gasteiger charge is 2.17. The molecule has 0 aliphatic rings. The normalized spacial score (nSPS) is 12.7. The zero-order valence-electron chi connectivity index (χ0n) is 9.77. The van der Waals surface area contributed by atoms with Crippen LogP contribution in [0, 0.1) is 5.82 Å². The maximum atomic E-state index is 13.7. The van der Waals surface area contributed by atoms with Crippen LogP contribution in [0.15, 0.2) is 24.5 Å². The first-order chi connectivity index (χ1) is 8.61. The smallest absolute Gasteiger partial charge is 0.138 e. The Hall–Kier alpha value is -1.50. The van der Waals surface area contributed by atoms with Gasteiger partial charge in [-0.3, -0.25) is 16.0 Å². The Morgan fingerprint density at radius 1 is 1.56 bits per heavy atom. The highest BCUT2D eigenvalue weighted by atomic mass is 35.5. The molecule has 0 bridgehead atoms. The lowest BCUT2D eigenvalue weighted by atomic mass is 10.0. The Kier molecular flexibility index (Phi) is 3.90. The lowest BCUT2D eigenvalue weighted by molar-refractivity contribution is 0.492. The maximum Gasteiger partial charge on any atom is 0.138 e. The summed E-state index contributed by atoms with van der Waals surface area (Å²) in [5.41, 5.74) is 2.98. The second-order valence-electron chi connectivity index (χ2n) is 3.89. The largest absolute Gasteiger partial charge is 0.271 e. The predicted molar refractivity (Wildman–Crippen MR) is 66.2 cm³/mol. The summed E-state index contributed by atoms with van der Waals surface area (Å²) in [5.74, 6) is 5.82. The van der Waals surface area contributed by atoms with E-state index in [1.54, 1.807) is 17.8 Å². The molecule has 5 nitrogen and oxygen atoms in total. The number of rotatable bonds is 4. The minimum atomic E-state index is -0.411. The van der Waals surface area contributed by atoms with E-state index in [1.165, 1.54) is 18.5 Å². The molecule has 1 aromatic carbocycles. The molecule has 0 spiro atoms. The van der Waals surface area contributed by atoms with Crippen molar-refractivity contribution in [2.75, 3.05) is 0 Å². The number of hydrazine groups is 1. The molecule has 0 aliphatic carbocycles. The van der Waals surface area contributed by atoms with Gasteiger partial charge in [0.2, 0.25) is 0 Å². The topological polar surface area (TPSA) is 68.8 Å². The molecule has 1 unspecified atom stereocenters. The lowest BCUT2D eigenvalue weighted by Gasteiger charge is -2.16. The summed E-state index contributed by atoms with van der Waals surface area (Å²) in [6.07, 6.45) is 1.86. The van der Waals surface area contributed by atoms with Gasteiger partial charge in [0.25, 0.3) is 0 Å². The Bertz CT molecular complexity index is 542. The summed E-state index contributed by atoms with van der Waals surface area (Å²) in [6, 6.07) is 3.96. The molecule has 1 atom stereocenters. The van der Waals surface area contributed by atoms with E-state index < -0.39 is 6.04 Å². The van der Waals surface area contributed by atoms with Crippen LogP contribution in [-0.2, 0) is 13.5 Å². The molecule has 0 aliphatic heterocycles. The number of nitrogens with zero attached hydrogens (tertiary/aromatic N) is 3. The third kappa shape index (κ3) is 2.66. The van der Waals surface area contributed by atoms with Crippen molar-refractivity contribution in [2.24, 2.45) is 12.9 Å². The molecule has 7 heteroatoms. The number of hydrogen-bond donors (Lipinski definition) is 2. The molecule has 2 rings (SSSR count). The van der Waals surface area contributed by atoms with Crippen molar-refractivity contribution in [2.45, 2.75) is 12.5 Å². The van der Waals surface area contributed by atoms with Gasteiger partial charge in [-0.2, -0.15) is 5.10 Å². The third-order valence-electron chi connectivity index (χ3n) is 2.73. The third-order valence-corrected chi connectivity index (χ3v) is 2.96. The van der Waals surface area contributed by atoms with Crippen molar-refractivity contribution in [1.82, 2.24) is 20.2 Å². The van der Waals surface area contributed by atoms with E-state index >= 15 is 0 Å². The maximum absolute atomic E-state index is 13.7. The molecule has 0 saturated carbocycles. The zero-order valence-corrected chi connectivity index (χ0v) is 10.5. The van der Waals surface area contributed by atoms with Gasteiger partial charge in [-0.25, -0.2) is 9.37 Å². The van der Waals surface area contributed by atoms with Gasteiger partial charge in [-0.15, -0.1) is 0 Å². The second-order valence-corrected chi connectivity index (χ2v) is 4.33. The van der Waals surface area contributed by atoms with E-state index in [0.29, 0.717) is 22.8 Å². The zero-order chi connectivity index (χ0) is 13.1. The molecule has 96 valence electrons. The van der Waals surface area contributed by atoms with Crippen LogP contribution in [0.5, 0.6) is 0 Å². The number of aryl methyl sites for hydroxylation is 1. The van der Waals surface area contributed by atoms with Crippen molar-refractivity contribution >= 4 is 11.6 Å². The van der Waals surface area contributed by atoms with Crippen LogP contribution in [0.1, 0.15) is 17.4 Å². The highest BCUT2D eigenvalue weighted by Crippen LogP contribution is 2.23. The average molecular weight is 270 g/mol. The van der Waals surface area contributed by atoms with Gasteiger partial charge in [0.1, 0.15) is 18.0 Å². The van der Waals surface area contributed by atoms with Gasteiger partial charge >= 0.3 is 0 Å². The van der Waals surface area contributed by atoms with Crippen molar-refractivity contribution in [3.8, 4) is 0 Å². The average Bonchev–Trinajstić information content (AvgIpc) is 2.75. The Morgan fingerprint density at radius 2 is 2.33 bits per heavy atom. The van der Waals surface area contributed by atoms with Gasteiger partial charge in [-0.05, 0) is 18.2 Å². The minimum absolute atomic E-state index is 0.357. The van der Waals surface area contributed by atoms with Crippen LogP contribution < -0.4 is 11.3 Å². The summed E-state index contributed by atoms with van der Waals surface area (Å²) in [5, 5.41) is 4.42. The molecule has 0 fully saturated rings. The SMILES string of the molecule is Cn1ncnc1CC(NN)c1cc(Cl)ccc1F. The second kappa shape index (κ2) is 5.43. The first kappa shape index (κ1) is 12.9. The van der Waals surface area contributed by atoms with Crippen LogP contribution in [-0.4, -0.2) is 14.8 Å². The van der Waals surface area contributed by atoms with Gasteiger partial charge < -0.3 is 0 Å².